The highest BCUT2D eigenvalue weighted by molar-refractivity contribution is 5.92. The van der Waals surface area contributed by atoms with Crippen molar-refractivity contribution in [3.8, 4) is 5.82 Å². The minimum absolute atomic E-state index is 0.214. The zero-order valence-corrected chi connectivity index (χ0v) is 14.6. The fourth-order valence-corrected chi connectivity index (χ4v) is 2.79. The van der Waals surface area contributed by atoms with E-state index in [9.17, 15) is 4.79 Å². The van der Waals surface area contributed by atoms with Crippen LogP contribution in [0.4, 0.5) is 0 Å². The molecule has 5 heteroatoms. The number of hydrogen-bond donors (Lipinski definition) is 0. The Morgan fingerprint density at radius 3 is 2.48 bits per heavy atom. The van der Waals surface area contributed by atoms with E-state index in [2.05, 4.69) is 5.10 Å². The van der Waals surface area contributed by atoms with E-state index in [-0.39, 0.29) is 12.6 Å². The van der Waals surface area contributed by atoms with Crippen LogP contribution in [0.1, 0.15) is 27.3 Å². The lowest BCUT2D eigenvalue weighted by atomic mass is 10.2. The Morgan fingerprint density at radius 1 is 1.12 bits per heavy atom. The first-order chi connectivity index (χ1) is 12.1. The molecule has 0 bridgehead atoms. The number of nitrogens with zero attached hydrogens (tertiary/aromatic N) is 3. The van der Waals surface area contributed by atoms with E-state index in [0.29, 0.717) is 5.56 Å². The number of benzene rings is 1. The molecule has 0 saturated heterocycles. The van der Waals surface area contributed by atoms with Crippen molar-refractivity contribution in [1.82, 2.24) is 14.3 Å². The van der Waals surface area contributed by atoms with Gasteiger partial charge in [0.2, 0.25) is 0 Å². The Labute approximate surface area is 147 Å². The summed E-state index contributed by atoms with van der Waals surface area (Å²) in [5.74, 6) is 0.338. The molecule has 0 fully saturated rings. The van der Waals surface area contributed by atoms with Crippen LogP contribution in [0, 0.1) is 13.8 Å². The molecule has 1 aromatic carbocycles. The van der Waals surface area contributed by atoms with E-state index in [1.165, 1.54) is 0 Å². The lowest BCUT2D eigenvalue weighted by Crippen LogP contribution is -2.13. The molecule has 0 aliphatic heterocycles. The number of carbonyl (C=O) groups excluding carboxylic acids is 1. The molecular formula is C20H21N3O2. The monoisotopic (exact) mass is 335 g/mol. The van der Waals surface area contributed by atoms with Crippen LogP contribution in [0.3, 0.4) is 0 Å². The fourth-order valence-electron chi connectivity index (χ4n) is 2.79. The lowest BCUT2D eigenvalue weighted by Gasteiger charge is -2.11. The molecule has 3 aromatic rings. The molecule has 0 radical (unpaired) electrons. The molecule has 0 aliphatic rings. The summed E-state index contributed by atoms with van der Waals surface area (Å²) in [5.41, 5.74) is 3.61. The molecule has 5 nitrogen and oxygen atoms in total. The maximum absolute atomic E-state index is 12.5. The van der Waals surface area contributed by atoms with Crippen LogP contribution < -0.4 is 0 Å². The van der Waals surface area contributed by atoms with Crippen molar-refractivity contribution in [3.63, 3.8) is 0 Å². The van der Waals surface area contributed by atoms with Crippen molar-refractivity contribution in [1.29, 1.82) is 0 Å². The third-order valence-corrected chi connectivity index (χ3v) is 4.03. The molecule has 2 heterocycles. The third kappa shape index (κ3) is 3.55. The molecule has 25 heavy (non-hydrogen) atoms. The van der Waals surface area contributed by atoms with Crippen molar-refractivity contribution in [2.45, 2.75) is 13.8 Å². The van der Waals surface area contributed by atoms with E-state index >= 15 is 0 Å². The van der Waals surface area contributed by atoms with Gasteiger partial charge >= 0.3 is 5.97 Å². The van der Waals surface area contributed by atoms with Crippen LogP contribution in [0.2, 0.25) is 0 Å². The summed E-state index contributed by atoms with van der Waals surface area (Å²) in [4.78, 5) is 12.5. The van der Waals surface area contributed by atoms with Crippen molar-refractivity contribution in [2.24, 2.45) is 7.05 Å². The molecule has 0 N–H and O–H groups in total. The summed E-state index contributed by atoms with van der Waals surface area (Å²) >= 11 is 0. The first-order valence-corrected chi connectivity index (χ1v) is 8.14. The second kappa shape index (κ2) is 7.21. The summed E-state index contributed by atoms with van der Waals surface area (Å²) in [5, 5.41) is 4.23. The second-order valence-corrected chi connectivity index (χ2v) is 5.87. The quantitative estimate of drug-likeness (QED) is 0.668. The van der Waals surface area contributed by atoms with Gasteiger partial charge in [0, 0.05) is 18.4 Å². The topological polar surface area (TPSA) is 49.1 Å². The number of aryl methyl sites for hydroxylation is 3. The zero-order chi connectivity index (χ0) is 17.8. The number of ether oxygens (including phenoxy) is 1. The van der Waals surface area contributed by atoms with E-state index < -0.39 is 0 Å². The molecular weight excluding hydrogens is 314 g/mol. The first kappa shape index (κ1) is 16.8. The Morgan fingerprint density at radius 2 is 1.80 bits per heavy atom. The van der Waals surface area contributed by atoms with Gasteiger partial charge in [-0.1, -0.05) is 36.4 Å². The number of rotatable bonds is 5. The Kier molecular flexibility index (Phi) is 4.84. The van der Waals surface area contributed by atoms with E-state index in [0.717, 1.165) is 22.8 Å². The number of hydrogen-bond acceptors (Lipinski definition) is 3. The van der Waals surface area contributed by atoms with Crippen LogP contribution in [0.5, 0.6) is 0 Å². The predicted molar refractivity (Wildman–Crippen MR) is 97.8 cm³/mol. The molecule has 0 unspecified atom stereocenters. The molecule has 0 aliphatic carbocycles. The van der Waals surface area contributed by atoms with Gasteiger partial charge in [-0.05, 0) is 37.6 Å². The predicted octanol–water partition coefficient (Wildman–Crippen LogP) is 3.70. The van der Waals surface area contributed by atoms with E-state index in [4.69, 9.17) is 4.74 Å². The Bertz CT molecular complexity index is 885. The summed E-state index contributed by atoms with van der Waals surface area (Å²) in [6.07, 6.45) is 5.31. The largest absolute Gasteiger partial charge is 0.458 e. The third-order valence-electron chi connectivity index (χ3n) is 4.03. The van der Waals surface area contributed by atoms with Gasteiger partial charge in [-0.15, -0.1) is 0 Å². The Balaban J connectivity index is 1.74. The molecule has 0 saturated carbocycles. The Hall–Kier alpha value is -3.08. The molecule has 0 amide bonds. The minimum atomic E-state index is -0.381. The van der Waals surface area contributed by atoms with Gasteiger partial charge < -0.3 is 9.30 Å². The van der Waals surface area contributed by atoms with Crippen LogP contribution in [0.15, 0.2) is 54.7 Å². The van der Waals surface area contributed by atoms with Gasteiger partial charge in [-0.2, -0.15) is 5.10 Å². The summed E-state index contributed by atoms with van der Waals surface area (Å²) in [6, 6.07) is 13.9. The highest BCUT2D eigenvalue weighted by Crippen LogP contribution is 2.20. The van der Waals surface area contributed by atoms with E-state index in [1.807, 2.05) is 80.1 Å². The number of aromatic nitrogens is 3. The van der Waals surface area contributed by atoms with Gasteiger partial charge in [0.15, 0.2) is 0 Å². The van der Waals surface area contributed by atoms with Gasteiger partial charge in [-0.3, -0.25) is 4.68 Å². The smallest absolute Gasteiger partial charge is 0.343 e. The maximum atomic E-state index is 12.5. The number of esters is 1. The highest BCUT2D eigenvalue weighted by atomic mass is 16.5. The SMILES string of the molecule is Cc1ccc(C)n1-c1c(C(=O)OCC=Cc2ccccc2)cnn1C. The van der Waals surface area contributed by atoms with Gasteiger partial charge in [0.1, 0.15) is 18.0 Å². The first-order valence-electron chi connectivity index (χ1n) is 8.14. The maximum Gasteiger partial charge on any atom is 0.343 e. The fraction of sp³-hybridized carbons (Fsp3) is 0.200. The van der Waals surface area contributed by atoms with Crippen molar-refractivity contribution < 1.29 is 9.53 Å². The van der Waals surface area contributed by atoms with Gasteiger partial charge in [-0.25, -0.2) is 4.79 Å². The molecule has 0 atom stereocenters. The molecule has 128 valence electrons. The van der Waals surface area contributed by atoms with Gasteiger partial charge in [0.05, 0.1) is 6.20 Å². The lowest BCUT2D eigenvalue weighted by molar-refractivity contribution is 0.0550. The standard InChI is InChI=1S/C20H21N3O2/c1-15-11-12-16(2)23(15)19-18(14-21-22(19)3)20(24)25-13-7-10-17-8-5-4-6-9-17/h4-12,14H,13H2,1-3H3. The van der Waals surface area contributed by atoms with Crippen molar-refractivity contribution >= 4 is 12.0 Å². The van der Waals surface area contributed by atoms with Crippen LogP contribution in [0.25, 0.3) is 11.9 Å². The summed E-state index contributed by atoms with van der Waals surface area (Å²) < 4.78 is 9.08. The van der Waals surface area contributed by atoms with Crippen LogP contribution in [-0.4, -0.2) is 26.9 Å². The van der Waals surface area contributed by atoms with Crippen LogP contribution >= 0.6 is 0 Å². The second-order valence-electron chi connectivity index (χ2n) is 5.87. The van der Waals surface area contributed by atoms with E-state index in [1.54, 1.807) is 10.9 Å². The number of carbonyl (C=O) groups is 1. The summed E-state index contributed by atoms with van der Waals surface area (Å²) in [7, 11) is 1.82. The van der Waals surface area contributed by atoms with Crippen molar-refractivity contribution in [2.75, 3.05) is 6.61 Å². The normalized spacial score (nSPS) is 11.2. The molecule has 0 spiro atoms. The average molecular weight is 335 g/mol. The molecule has 2 aromatic heterocycles. The average Bonchev–Trinajstić information content (AvgIpc) is 3.14. The molecule has 3 rings (SSSR count). The van der Waals surface area contributed by atoms with Gasteiger partial charge in [0.25, 0.3) is 0 Å². The van der Waals surface area contributed by atoms with Crippen molar-refractivity contribution in [3.05, 3.63) is 77.3 Å². The zero-order valence-electron chi connectivity index (χ0n) is 14.6. The minimum Gasteiger partial charge on any atom is -0.458 e. The van der Waals surface area contributed by atoms with Crippen LogP contribution in [-0.2, 0) is 11.8 Å². The summed E-state index contributed by atoms with van der Waals surface area (Å²) in [6.45, 7) is 4.21. The highest BCUT2D eigenvalue weighted by Gasteiger charge is 2.20.